The first-order valence-electron chi connectivity index (χ1n) is 9.04. The molecule has 150 valence electrons. The molecule has 2 aromatic rings. The first-order chi connectivity index (χ1) is 13.2. The zero-order valence-corrected chi connectivity index (χ0v) is 15.9. The van der Waals surface area contributed by atoms with Crippen molar-refractivity contribution < 1.29 is 18.0 Å². The number of nitrogens with two attached hydrogens (primary N) is 1. The van der Waals surface area contributed by atoms with Gasteiger partial charge in [-0.1, -0.05) is 23.7 Å². The SMILES string of the molecule is NC[C@]1(c2cccc(Cl)c2)CC[C@H](NC(=O)c2ccc(C(F)(F)F)nc2)CC1. The topological polar surface area (TPSA) is 68.0 Å². The van der Waals surface area contributed by atoms with E-state index in [2.05, 4.69) is 10.3 Å². The van der Waals surface area contributed by atoms with Crippen molar-refractivity contribution in [1.29, 1.82) is 0 Å². The predicted molar refractivity (Wildman–Crippen MR) is 101 cm³/mol. The number of benzene rings is 1. The quantitative estimate of drug-likeness (QED) is 0.787. The number of hydrogen-bond donors (Lipinski definition) is 2. The van der Waals surface area contributed by atoms with Crippen LogP contribution in [-0.2, 0) is 11.6 Å². The second-order valence-corrected chi connectivity index (χ2v) is 7.61. The molecule has 1 amide bonds. The maximum atomic E-state index is 12.6. The number of rotatable bonds is 4. The lowest BCUT2D eigenvalue weighted by molar-refractivity contribution is -0.141. The van der Waals surface area contributed by atoms with E-state index in [1.807, 2.05) is 24.3 Å². The van der Waals surface area contributed by atoms with Gasteiger partial charge in [0.05, 0.1) is 5.56 Å². The van der Waals surface area contributed by atoms with Gasteiger partial charge in [-0.3, -0.25) is 9.78 Å². The van der Waals surface area contributed by atoms with Crippen molar-refractivity contribution >= 4 is 17.5 Å². The maximum Gasteiger partial charge on any atom is 0.433 e. The van der Waals surface area contributed by atoms with Gasteiger partial charge in [0.1, 0.15) is 5.69 Å². The number of amides is 1. The van der Waals surface area contributed by atoms with Crippen molar-refractivity contribution in [3.63, 3.8) is 0 Å². The van der Waals surface area contributed by atoms with E-state index in [9.17, 15) is 18.0 Å². The average molecular weight is 412 g/mol. The predicted octanol–water partition coefficient (Wildman–Crippen LogP) is 4.32. The lowest BCUT2D eigenvalue weighted by Gasteiger charge is -2.40. The Labute approximate surface area is 166 Å². The molecular weight excluding hydrogens is 391 g/mol. The molecule has 0 bridgehead atoms. The summed E-state index contributed by atoms with van der Waals surface area (Å²) in [4.78, 5) is 15.7. The van der Waals surface area contributed by atoms with Crippen molar-refractivity contribution in [2.24, 2.45) is 5.73 Å². The molecule has 1 aliphatic carbocycles. The van der Waals surface area contributed by atoms with Crippen LogP contribution in [0.5, 0.6) is 0 Å². The molecule has 1 aromatic carbocycles. The first-order valence-corrected chi connectivity index (χ1v) is 9.41. The minimum absolute atomic E-state index is 0.0614. The molecule has 1 aromatic heterocycles. The summed E-state index contributed by atoms with van der Waals surface area (Å²) in [6, 6.07) is 9.57. The third kappa shape index (κ3) is 4.47. The van der Waals surface area contributed by atoms with Crippen LogP contribution in [-0.4, -0.2) is 23.5 Å². The molecule has 28 heavy (non-hydrogen) atoms. The fourth-order valence-corrected chi connectivity index (χ4v) is 3.90. The molecule has 1 fully saturated rings. The van der Waals surface area contributed by atoms with Gasteiger partial charge in [0.2, 0.25) is 0 Å². The second kappa shape index (κ2) is 8.09. The summed E-state index contributed by atoms with van der Waals surface area (Å²) in [5.74, 6) is -0.422. The molecule has 1 aliphatic rings. The Balaban J connectivity index is 1.62. The van der Waals surface area contributed by atoms with Crippen molar-refractivity contribution in [2.75, 3.05) is 6.54 Å². The van der Waals surface area contributed by atoms with E-state index >= 15 is 0 Å². The number of nitrogens with one attached hydrogen (secondary N) is 1. The molecule has 0 radical (unpaired) electrons. The number of carbonyl (C=O) groups is 1. The Morgan fingerprint density at radius 3 is 2.50 bits per heavy atom. The average Bonchev–Trinajstić information content (AvgIpc) is 2.68. The summed E-state index contributed by atoms with van der Waals surface area (Å²) < 4.78 is 37.7. The molecule has 3 N–H and O–H groups in total. The zero-order valence-electron chi connectivity index (χ0n) is 15.1. The van der Waals surface area contributed by atoms with Crippen molar-refractivity contribution in [2.45, 2.75) is 43.3 Å². The monoisotopic (exact) mass is 411 g/mol. The standard InChI is InChI=1S/C20H21ClF3N3O/c21-15-3-1-2-14(10-15)19(12-25)8-6-16(7-9-19)27-18(28)13-4-5-17(26-11-13)20(22,23)24/h1-5,10-11,16H,6-9,12,25H2,(H,27,28)/t16-,19-. The molecule has 0 saturated heterocycles. The largest absolute Gasteiger partial charge is 0.433 e. The Morgan fingerprint density at radius 1 is 1.25 bits per heavy atom. The second-order valence-electron chi connectivity index (χ2n) is 7.17. The molecule has 0 atom stereocenters. The van der Waals surface area contributed by atoms with Gasteiger partial charge in [-0.25, -0.2) is 0 Å². The Kier molecular flexibility index (Phi) is 5.95. The van der Waals surface area contributed by atoms with Crippen LogP contribution < -0.4 is 11.1 Å². The van der Waals surface area contributed by atoms with E-state index < -0.39 is 17.8 Å². The normalized spacial score (nSPS) is 22.7. The van der Waals surface area contributed by atoms with Gasteiger partial charge >= 0.3 is 6.18 Å². The summed E-state index contributed by atoms with van der Waals surface area (Å²) in [6.07, 6.45) is -0.533. The number of carbonyl (C=O) groups excluding carboxylic acids is 1. The number of pyridine rings is 1. The Morgan fingerprint density at radius 2 is 1.96 bits per heavy atom. The number of hydrogen-bond acceptors (Lipinski definition) is 3. The van der Waals surface area contributed by atoms with Gasteiger partial charge in [-0.15, -0.1) is 0 Å². The van der Waals surface area contributed by atoms with Crippen molar-refractivity contribution in [3.8, 4) is 0 Å². The third-order valence-electron chi connectivity index (χ3n) is 5.42. The van der Waals surface area contributed by atoms with Crippen molar-refractivity contribution in [3.05, 3.63) is 64.4 Å². The number of aromatic nitrogens is 1. The Hall–Kier alpha value is -2.12. The van der Waals surface area contributed by atoms with E-state index in [0.717, 1.165) is 49.6 Å². The molecule has 1 heterocycles. The maximum absolute atomic E-state index is 12.6. The lowest BCUT2D eigenvalue weighted by Crippen LogP contribution is -2.45. The minimum Gasteiger partial charge on any atom is -0.349 e. The van der Waals surface area contributed by atoms with Crippen LogP contribution in [0.15, 0.2) is 42.6 Å². The molecule has 0 aliphatic heterocycles. The van der Waals surface area contributed by atoms with Crippen LogP contribution in [0.4, 0.5) is 13.2 Å². The van der Waals surface area contributed by atoms with Crippen molar-refractivity contribution in [1.82, 2.24) is 10.3 Å². The van der Waals surface area contributed by atoms with E-state index in [1.165, 1.54) is 0 Å². The van der Waals surface area contributed by atoms with Crippen LogP contribution in [0.2, 0.25) is 5.02 Å². The molecule has 8 heteroatoms. The fraction of sp³-hybridized carbons (Fsp3) is 0.400. The molecule has 1 saturated carbocycles. The Bertz CT molecular complexity index is 831. The highest BCUT2D eigenvalue weighted by Gasteiger charge is 2.36. The molecule has 0 spiro atoms. The first kappa shape index (κ1) is 20.6. The van der Waals surface area contributed by atoms with E-state index in [4.69, 9.17) is 17.3 Å². The molecule has 0 unspecified atom stereocenters. The molecule has 4 nitrogen and oxygen atoms in total. The highest BCUT2D eigenvalue weighted by atomic mass is 35.5. The number of alkyl halides is 3. The van der Waals surface area contributed by atoms with E-state index in [1.54, 1.807) is 0 Å². The van der Waals surface area contributed by atoms with Gasteiger partial charge in [0.15, 0.2) is 0 Å². The number of nitrogens with zero attached hydrogens (tertiary/aromatic N) is 1. The van der Waals surface area contributed by atoms with Gasteiger partial charge in [-0.05, 0) is 55.5 Å². The van der Waals surface area contributed by atoms with Crippen LogP contribution >= 0.6 is 11.6 Å². The summed E-state index contributed by atoms with van der Waals surface area (Å²) in [5, 5.41) is 3.55. The van der Waals surface area contributed by atoms with Crippen LogP contribution in [0.1, 0.15) is 47.3 Å². The smallest absolute Gasteiger partial charge is 0.349 e. The van der Waals surface area contributed by atoms with Crippen LogP contribution in [0.25, 0.3) is 0 Å². The van der Waals surface area contributed by atoms with Gasteiger partial charge in [0, 0.05) is 29.2 Å². The minimum atomic E-state index is -4.52. The highest BCUT2D eigenvalue weighted by molar-refractivity contribution is 6.30. The number of halogens is 4. The summed E-state index contributed by atoms with van der Waals surface area (Å²) in [5.41, 5.74) is 6.09. The van der Waals surface area contributed by atoms with Gasteiger partial charge in [0.25, 0.3) is 5.91 Å². The lowest BCUT2D eigenvalue weighted by atomic mass is 9.68. The van der Waals surface area contributed by atoms with E-state index in [0.29, 0.717) is 11.6 Å². The van der Waals surface area contributed by atoms with Crippen LogP contribution in [0, 0.1) is 0 Å². The molecular formula is C20H21ClF3N3O. The fourth-order valence-electron chi connectivity index (χ4n) is 3.71. The highest BCUT2D eigenvalue weighted by Crippen LogP contribution is 2.39. The van der Waals surface area contributed by atoms with Gasteiger partial charge in [-0.2, -0.15) is 13.2 Å². The summed E-state index contributed by atoms with van der Waals surface area (Å²) in [7, 11) is 0. The zero-order chi connectivity index (χ0) is 20.4. The third-order valence-corrected chi connectivity index (χ3v) is 5.66. The van der Waals surface area contributed by atoms with Crippen LogP contribution in [0.3, 0.4) is 0 Å². The summed E-state index contributed by atoms with van der Waals surface area (Å²) >= 11 is 6.11. The van der Waals surface area contributed by atoms with Gasteiger partial charge < -0.3 is 11.1 Å². The summed E-state index contributed by atoms with van der Waals surface area (Å²) in [6.45, 7) is 0.483. The molecule has 3 rings (SSSR count). The van der Waals surface area contributed by atoms with E-state index in [-0.39, 0.29) is 17.0 Å².